The van der Waals surface area contributed by atoms with Gasteiger partial charge in [0, 0.05) is 12.0 Å². The van der Waals surface area contributed by atoms with Crippen LogP contribution in [0.4, 0.5) is 4.79 Å². The van der Waals surface area contributed by atoms with Crippen LogP contribution in [0.3, 0.4) is 0 Å². The molecule has 10 heteroatoms. The number of benzene rings is 1. The number of hydrogen-bond donors (Lipinski definition) is 2. The van der Waals surface area contributed by atoms with Gasteiger partial charge in [-0.05, 0) is 17.7 Å². The highest BCUT2D eigenvalue weighted by atomic mass is 16.6. The summed E-state index contributed by atoms with van der Waals surface area (Å²) in [5, 5.41) is 15.8. The Balaban J connectivity index is 3.48. The molecule has 0 fully saturated rings. The smallest absolute Gasteiger partial charge is 0.315 e. The van der Waals surface area contributed by atoms with Crippen molar-refractivity contribution < 1.29 is 28.7 Å². The lowest BCUT2D eigenvalue weighted by atomic mass is 9.99. The fraction of sp³-hybridized carbons (Fsp3) is 0.429. The standard InChI is InChI=1S/C14H19N3O7/c1-15-14(19)16-12(9(7-18)17(20)21)8-5-10(22-2)13(24-4)11(6-8)23-3/h5-7,9,12H,1-4H3,(H2,15,16,19)/t9-,12-/m1/s1. The number of nitrogens with one attached hydrogen (secondary N) is 2. The van der Waals surface area contributed by atoms with Crippen molar-refractivity contribution in [3.05, 3.63) is 27.8 Å². The summed E-state index contributed by atoms with van der Waals surface area (Å²) in [5.41, 5.74) is 0.252. The number of ether oxygens (including phenoxy) is 3. The minimum absolute atomic E-state index is 0.157. The molecule has 0 saturated heterocycles. The Bertz CT molecular complexity index is 595. The average molecular weight is 341 g/mol. The van der Waals surface area contributed by atoms with Gasteiger partial charge in [0.05, 0.1) is 21.3 Å². The van der Waals surface area contributed by atoms with E-state index in [1.165, 1.54) is 40.5 Å². The minimum Gasteiger partial charge on any atom is -0.493 e. The zero-order valence-corrected chi connectivity index (χ0v) is 13.7. The molecule has 0 aliphatic heterocycles. The Morgan fingerprint density at radius 3 is 2.08 bits per heavy atom. The minimum atomic E-state index is -1.69. The van der Waals surface area contributed by atoms with Gasteiger partial charge < -0.3 is 24.8 Å². The van der Waals surface area contributed by atoms with Gasteiger partial charge in [0.25, 0.3) is 6.04 Å². The van der Waals surface area contributed by atoms with Gasteiger partial charge >= 0.3 is 6.03 Å². The number of urea groups is 1. The first kappa shape index (κ1) is 19.0. The molecule has 1 rings (SSSR count). The Morgan fingerprint density at radius 1 is 1.21 bits per heavy atom. The largest absolute Gasteiger partial charge is 0.493 e. The Labute approximate surface area is 138 Å². The summed E-state index contributed by atoms with van der Waals surface area (Å²) < 4.78 is 15.5. The highest BCUT2D eigenvalue weighted by molar-refractivity contribution is 5.75. The van der Waals surface area contributed by atoms with Crippen LogP contribution in [0.2, 0.25) is 0 Å². The van der Waals surface area contributed by atoms with Crippen LogP contribution >= 0.6 is 0 Å². The van der Waals surface area contributed by atoms with E-state index in [2.05, 4.69) is 10.6 Å². The SMILES string of the molecule is CNC(=O)N[C@H](c1cc(OC)c(OC)c(OC)c1)[C@@H](C=O)[N+](=O)[O-]. The van der Waals surface area contributed by atoms with Crippen LogP contribution in [0.25, 0.3) is 0 Å². The van der Waals surface area contributed by atoms with Crippen molar-refractivity contribution in [1.29, 1.82) is 0 Å². The van der Waals surface area contributed by atoms with Gasteiger partial charge in [0.1, 0.15) is 6.04 Å². The molecule has 0 radical (unpaired) electrons. The first-order valence-corrected chi connectivity index (χ1v) is 6.80. The van der Waals surface area contributed by atoms with Crippen molar-refractivity contribution in [1.82, 2.24) is 10.6 Å². The molecule has 2 atom stereocenters. The number of hydrogen-bond acceptors (Lipinski definition) is 7. The third-order valence-electron chi connectivity index (χ3n) is 3.28. The normalized spacial score (nSPS) is 12.5. The molecule has 24 heavy (non-hydrogen) atoms. The van der Waals surface area contributed by atoms with Gasteiger partial charge in [-0.2, -0.15) is 0 Å². The fourth-order valence-corrected chi connectivity index (χ4v) is 2.11. The lowest BCUT2D eigenvalue weighted by molar-refractivity contribution is -0.510. The molecule has 1 aromatic rings. The predicted octanol–water partition coefficient (Wildman–Crippen LogP) is 0.527. The predicted molar refractivity (Wildman–Crippen MR) is 83.3 cm³/mol. The van der Waals surface area contributed by atoms with Crippen LogP contribution in [0, 0.1) is 10.1 Å². The topological polar surface area (TPSA) is 129 Å². The third kappa shape index (κ3) is 4.03. The molecule has 0 bridgehead atoms. The monoisotopic (exact) mass is 341 g/mol. The van der Waals surface area contributed by atoms with E-state index < -0.39 is 23.0 Å². The lowest BCUT2D eigenvalue weighted by Crippen LogP contribution is -2.44. The number of carbonyl (C=O) groups excluding carboxylic acids is 2. The molecule has 0 aromatic heterocycles. The second kappa shape index (κ2) is 8.56. The maximum atomic E-state index is 11.6. The molecular formula is C14H19N3O7. The van der Waals surface area contributed by atoms with E-state index in [4.69, 9.17) is 14.2 Å². The van der Waals surface area contributed by atoms with E-state index in [-0.39, 0.29) is 29.1 Å². The highest BCUT2D eigenvalue weighted by Gasteiger charge is 2.35. The van der Waals surface area contributed by atoms with E-state index in [0.29, 0.717) is 0 Å². The van der Waals surface area contributed by atoms with E-state index in [1.54, 1.807) is 0 Å². The van der Waals surface area contributed by atoms with Gasteiger partial charge in [-0.15, -0.1) is 0 Å². The highest BCUT2D eigenvalue weighted by Crippen LogP contribution is 2.40. The summed E-state index contributed by atoms with van der Waals surface area (Å²) in [4.78, 5) is 33.2. The average Bonchev–Trinajstić information content (AvgIpc) is 2.59. The number of carbonyl (C=O) groups is 2. The molecule has 132 valence electrons. The van der Waals surface area contributed by atoms with Gasteiger partial charge in [-0.25, -0.2) is 4.79 Å². The molecule has 0 aliphatic rings. The molecule has 0 aliphatic carbocycles. The Hall–Kier alpha value is -3.04. The van der Waals surface area contributed by atoms with E-state index in [1.807, 2.05) is 0 Å². The van der Waals surface area contributed by atoms with Crippen molar-refractivity contribution in [3.8, 4) is 17.2 Å². The Kier molecular flexibility index (Phi) is 6.78. The summed E-state index contributed by atoms with van der Waals surface area (Å²) >= 11 is 0. The second-order valence-electron chi connectivity index (χ2n) is 4.57. The number of rotatable bonds is 8. The maximum Gasteiger partial charge on any atom is 0.315 e. The van der Waals surface area contributed by atoms with Crippen LogP contribution in [-0.4, -0.2) is 51.7 Å². The van der Waals surface area contributed by atoms with Crippen molar-refractivity contribution in [2.45, 2.75) is 12.1 Å². The van der Waals surface area contributed by atoms with Gasteiger partial charge in [0.15, 0.2) is 17.8 Å². The molecule has 0 heterocycles. The molecular weight excluding hydrogens is 322 g/mol. The lowest BCUT2D eigenvalue weighted by Gasteiger charge is -2.21. The quantitative estimate of drug-likeness (QED) is 0.401. The van der Waals surface area contributed by atoms with Crippen LogP contribution in [-0.2, 0) is 4.79 Å². The van der Waals surface area contributed by atoms with Gasteiger partial charge in [-0.1, -0.05) is 0 Å². The molecule has 0 spiro atoms. The summed E-state index contributed by atoms with van der Waals surface area (Å²) in [7, 11) is 5.52. The molecule has 10 nitrogen and oxygen atoms in total. The van der Waals surface area contributed by atoms with Crippen LogP contribution < -0.4 is 24.8 Å². The van der Waals surface area contributed by atoms with Gasteiger partial charge in [0.2, 0.25) is 5.75 Å². The maximum absolute atomic E-state index is 11.6. The van der Waals surface area contributed by atoms with Gasteiger partial charge in [-0.3, -0.25) is 14.9 Å². The fourth-order valence-electron chi connectivity index (χ4n) is 2.11. The first-order chi connectivity index (χ1) is 11.4. The number of aldehydes is 1. The zero-order valence-electron chi connectivity index (χ0n) is 13.7. The van der Waals surface area contributed by atoms with Crippen LogP contribution in [0.1, 0.15) is 11.6 Å². The number of amides is 2. The van der Waals surface area contributed by atoms with Crippen molar-refractivity contribution in [2.24, 2.45) is 0 Å². The first-order valence-electron chi connectivity index (χ1n) is 6.80. The number of nitro groups is 1. The molecule has 0 unspecified atom stereocenters. The summed E-state index contributed by atoms with van der Waals surface area (Å²) in [6.45, 7) is 0. The van der Waals surface area contributed by atoms with Crippen LogP contribution in [0.5, 0.6) is 17.2 Å². The van der Waals surface area contributed by atoms with Crippen molar-refractivity contribution >= 4 is 12.3 Å². The van der Waals surface area contributed by atoms with Crippen LogP contribution in [0.15, 0.2) is 12.1 Å². The second-order valence-corrected chi connectivity index (χ2v) is 4.57. The zero-order chi connectivity index (χ0) is 18.3. The molecule has 2 N–H and O–H groups in total. The molecule has 2 amide bonds. The summed E-state index contributed by atoms with van der Waals surface area (Å²) in [5.74, 6) is 0.762. The van der Waals surface area contributed by atoms with E-state index >= 15 is 0 Å². The molecule has 1 aromatic carbocycles. The van der Waals surface area contributed by atoms with Crippen molar-refractivity contribution in [3.63, 3.8) is 0 Å². The Morgan fingerprint density at radius 2 is 1.75 bits per heavy atom. The molecule has 0 saturated carbocycles. The summed E-state index contributed by atoms with van der Waals surface area (Å²) in [6, 6.07) is -0.733. The van der Waals surface area contributed by atoms with E-state index in [0.717, 1.165) is 0 Å². The van der Waals surface area contributed by atoms with E-state index in [9.17, 15) is 19.7 Å². The number of methoxy groups -OCH3 is 3. The summed E-state index contributed by atoms with van der Waals surface area (Å²) in [6.07, 6.45) is 0.157. The number of nitrogens with zero attached hydrogens (tertiary/aromatic N) is 1. The third-order valence-corrected chi connectivity index (χ3v) is 3.28. The van der Waals surface area contributed by atoms with Crippen molar-refractivity contribution in [2.75, 3.05) is 28.4 Å².